The van der Waals surface area contributed by atoms with Gasteiger partial charge < -0.3 is 15.1 Å². The summed E-state index contributed by atoms with van der Waals surface area (Å²) in [6.45, 7) is 5.93. The van der Waals surface area contributed by atoms with Crippen LogP contribution in [-0.2, 0) is 0 Å². The summed E-state index contributed by atoms with van der Waals surface area (Å²) >= 11 is 0. The van der Waals surface area contributed by atoms with Crippen LogP contribution in [0.15, 0.2) is 54.9 Å². The molecule has 8 heteroatoms. The van der Waals surface area contributed by atoms with Crippen LogP contribution < -0.4 is 5.32 Å². The number of piperazine rings is 1. The average molecular weight is 404 g/mol. The van der Waals surface area contributed by atoms with Gasteiger partial charge in [-0.3, -0.25) is 9.78 Å². The van der Waals surface area contributed by atoms with Crippen molar-refractivity contribution in [3.05, 3.63) is 71.8 Å². The van der Waals surface area contributed by atoms with Gasteiger partial charge in [-0.25, -0.2) is 9.48 Å². The van der Waals surface area contributed by atoms with Gasteiger partial charge in [0.05, 0.1) is 23.3 Å². The van der Waals surface area contributed by atoms with Crippen LogP contribution in [0.2, 0.25) is 0 Å². The number of rotatable bonds is 3. The number of carbonyl (C=O) groups excluding carboxylic acids is 2. The Balaban J connectivity index is 1.35. The van der Waals surface area contributed by atoms with Gasteiger partial charge in [0.15, 0.2) is 0 Å². The van der Waals surface area contributed by atoms with Crippen molar-refractivity contribution in [1.82, 2.24) is 24.6 Å². The van der Waals surface area contributed by atoms with Gasteiger partial charge in [0.2, 0.25) is 0 Å². The molecule has 4 rings (SSSR count). The average Bonchev–Trinajstić information content (AvgIpc) is 3.12. The second-order valence-electron chi connectivity index (χ2n) is 7.34. The number of pyridine rings is 1. The van der Waals surface area contributed by atoms with Gasteiger partial charge in [-0.2, -0.15) is 5.10 Å². The van der Waals surface area contributed by atoms with Crippen LogP contribution in [-0.4, -0.2) is 62.7 Å². The summed E-state index contributed by atoms with van der Waals surface area (Å²) in [7, 11) is 0. The van der Waals surface area contributed by atoms with Crippen molar-refractivity contribution < 1.29 is 9.59 Å². The van der Waals surface area contributed by atoms with E-state index in [9.17, 15) is 9.59 Å². The first-order chi connectivity index (χ1) is 14.5. The minimum atomic E-state index is -0.177. The highest BCUT2D eigenvalue weighted by atomic mass is 16.2. The summed E-state index contributed by atoms with van der Waals surface area (Å²) in [6, 6.07) is 12.9. The molecule has 3 aromatic rings. The van der Waals surface area contributed by atoms with E-state index in [1.807, 2.05) is 48.9 Å². The van der Waals surface area contributed by atoms with Gasteiger partial charge in [-0.1, -0.05) is 0 Å². The maximum Gasteiger partial charge on any atom is 0.322 e. The van der Waals surface area contributed by atoms with E-state index in [1.54, 1.807) is 34.3 Å². The Morgan fingerprint density at radius 1 is 0.967 bits per heavy atom. The molecule has 1 aliphatic heterocycles. The lowest BCUT2D eigenvalue weighted by Gasteiger charge is -2.34. The summed E-state index contributed by atoms with van der Waals surface area (Å²) in [5.74, 6) is -0.0257. The largest absolute Gasteiger partial charge is 0.335 e. The Labute approximate surface area is 175 Å². The molecule has 30 heavy (non-hydrogen) atoms. The van der Waals surface area contributed by atoms with E-state index >= 15 is 0 Å². The summed E-state index contributed by atoms with van der Waals surface area (Å²) < 4.78 is 1.86. The molecule has 2 aromatic heterocycles. The van der Waals surface area contributed by atoms with Crippen LogP contribution in [0.25, 0.3) is 5.69 Å². The fraction of sp³-hybridized carbons (Fsp3) is 0.273. The molecule has 154 valence electrons. The molecule has 0 spiro atoms. The zero-order valence-corrected chi connectivity index (χ0v) is 17.1. The number of hydrogen-bond donors (Lipinski definition) is 1. The van der Waals surface area contributed by atoms with E-state index in [4.69, 9.17) is 0 Å². The van der Waals surface area contributed by atoms with Crippen LogP contribution in [0, 0.1) is 13.8 Å². The quantitative estimate of drug-likeness (QED) is 0.728. The molecule has 1 aromatic carbocycles. The number of hydrogen-bond acceptors (Lipinski definition) is 4. The molecule has 0 radical (unpaired) electrons. The third-order valence-corrected chi connectivity index (χ3v) is 5.14. The van der Waals surface area contributed by atoms with Gasteiger partial charge in [-0.05, 0) is 56.3 Å². The van der Waals surface area contributed by atoms with Gasteiger partial charge in [0.25, 0.3) is 5.91 Å². The third-order valence-electron chi connectivity index (χ3n) is 5.14. The summed E-state index contributed by atoms with van der Waals surface area (Å²) in [5, 5.41) is 7.30. The SMILES string of the molecule is Cc1cc(C)n(-c2ccc(C(=O)N3CCN(C(=O)Nc4cccnc4)CC3)cc2)n1. The molecular formula is C22H24N6O2. The van der Waals surface area contributed by atoms with Crippen molar-refractivity contribution in [3.63, 3.8) is 0 Å². The molecule has 8 nitrogen and oxygen atoms in total. The van der Waals surface area contributed by atoms with Crippen molar-refractivity contribution in [2.75, 3.05) is 31.5 Å². The molecular weight excluding hydrogens is 380 g/mol. The molecule has 0 bridgehead atoms. The number of nitrogens with one attached hydrogen (secondary N) is 1. The molecule has 1 aliphatic rings. The fourth-order valence-corrected chi connectivity index (χ4v) is 3.57. The predicted molar refractivity (Wildman–Crippen MR) is 114 cm³/mol. The minimum Gasteiger partial charge on any atom is -0.335 e. The molecule has 1 fully saturated rings. The van der Waals surface area contributed by atoms with Crippen molar-refractivity contribution in [2.45, 2.75) is 13.8 Å². The third kappa shape index (κ3) is 4.17. The van der Waals surface area contributed by atoms with E-state index in [2.05, 4.69) is 15.4 Å². The number of aryl methyl sites for hydroxylation is 2. The van der Waals surface area contributed by atoms with E-state index in [-0.39, 0.29) is 11.9 Å². The number of carbonyl (C=O) groups is 2. The van der Waals surface area contributed by atoms with Crippen molar-refractivity contribution >= 4 is 17.6 Å². The van der Waals surface area contributed by atoms with Gasteiger partial charge in [0, 0.05) is 43.6 Å². The highest BCUT2D eigenvalue weighted by molar-refractivity contribution is 5.95. The summed E-state index contributed by atoms with van der Waals surface area (Å²) in [5.41, 5.74) is 4.22. The van der Waals surface area contributed by atoms with Gasteiger partial charge in [0.1, 0.15) is 0 Å². The van der Waals surface area contributed by atoms with Crippen LogP contribution in [0.4, 0.5) is 10.5 Å². The Kier molecular flexibility index (Phi) is 5.47. The van der Waals surface area contributed by atoms with E-state index in [1.165, 1.54) is 0 Å². The topological polar surface area (TPSA) is 83.4 Å². The fourth-order valence-electron chi connectivity index (χ4n) is 3.57. The van der Waals surface area contributed by atoms with Crippen molar-refractivity contribution in [3.8, 4) is 5.69 Å². The first kappa shape index (κ1) is 19.6. The van der Waals surface area contributed by atoms with Crippen LogP contribution in [0.1, 0.15) is 21.7 Å². The lowest BCUT2D eigenvalue weighted by molar-refractivity contribution is 0.0671. The number of amides is 3. The highest BCUT2D eigenvalue weighted by Gasteiger charge is 2.25. The molecule has 3 amide bonds. The Hall–Kier alpha value is -3.68. The first-order valence-electron chi connectivity index (χ1n) is 9.90. The van der Waals surface area contributed by atoms with Crippen molar-refractivity contribution in [1.29, 1.82) is 0 Å². The Morgan fingerprint density at radius 3 is 2.27 bits per heavy atom. The molecule has 1 N–H and O–H groups in total. The molecule has 3 heterocycles. The summed E-state index contributed by atoms with van der Waals surface area (Å²) in [4.78, 5) is 32.7. The lowest BCUT2D eigenvalue weighted by atomic mass is 10.1. The highest BCUT2D eigenvalue weighted by Crippen LogP contribution is 2.15. The smallest absolute Gasteiger partial charge is 0.322 e. The predicted octanol–water partition coefficient (Wildman–Crippen LogP) is 2.87. The standard InChI is InChI=1S/C22H24N6O2/c1-16-14-17(2)28(25-16)20-7-5-18(6-8-20)21(29)26-10-12-27(13-11-26)22(30)24-19-4-3-9-23-15-19/h3-9,14-15H,10-13H2,1-2H3,(H,24,30). The number of benzene rings is 1. The van der Waals surface area contributed by atoms with Crippen LogP contribution >= 0.6 is 0 Å². The lowest BCUT2D eigenvalue weighted by Crippen LogP contribution is -2.51. The van der Waals surface area contributed by atoms with E-state index < -0.39 is 0 Å². The minimum absolute atomic E-state index is 0.0257. The van der Waals surface area contributed by atoms with Gasteiger partial charge in [-0.15, -0.1) is 0 Å². The second-order valence-corrected chi connectivity index (χ2v) is 7.34. The van der Waals surface area contributed by atoms with Gasteiger partial charge >= 0.3 is 6.03 Å². The van der Waals surface area contributed by atoms with Crippen LogP contribution in [0.5, 0.6) is 0 Å². The van der Waals surface area contributed by atoms with Crippen molar-refractivity contribution in [2.24, 2.45) is 0 Å². The Morgan fingerprint density at radius 2 is 1.67 bits per heavy atom. The van der Waals surface area contributed by atoms with E-state index in [0.717, 1.165) is 17.1 Å². The molecule has 1 saturated heterocycles. The maximum atomic E-state index is 12.9. The Bertz CT molecular complexity index is 1040. The zero-order valence-electron chi connectivity index (χ0n) is 17.1. The first-order valence-corrected chi connectivity index (χ1v) is 9.90. The zero-order chi connectivity index (χ0) is 21.1. The number of aromatic nitrogens is 3. The monoisotopic (exact) mass is 404 g/mol. The van der Waals surface area contributed by atoms with Crippen LogP contribution in [0.3, 0.4) is 0 Å². The molecule has 0 atom stereocenters. The number of urea groups is 1. The number of nitrogens with zero attached hydrogens (tertiary/aromatic N) is 5. The second kappa shape index (κ2) is 8.36. The maximum absolute atomic E-state index is 12.9. The molecule has 0 aliphatic carbocycles. The normalized spacial score (nSPS) is 13.9. The molecule has 0 saturated carbocycles. The molecule has 0 unspecified atom stereocenters. The number of anilines is 1. The summed E-state index contributed by atoms with van der Waals surface area (Å²) in [6.07, 6.45) is 3.26. The van der Waals surface area contributed by atoms with E-state index in [0.29, 0.717) is 37.4 Å².